The summed E-state index contributed by atoms with van der Waals surface area (Å²) in [5.41, 5.74) is 9.97. The summed E-state index contributed by atoms with van der Waals surface area (Å²) in [6.45, 7) is 10.7. The molecule has 1 heterocycles. The first-order valence-corrected chi connectivity index (χ1v) is 9.25. The van der Waals surface area contributed by atoms with Crippen LogP contribution in [0.4, 0.5) is 0 Å². The van der Waals surface area contributed by atoms with Crippen molar-refractivity contribution in [2.75, 3.05) is 0 Å². The zero-order valence-corrected chi connectivity index (χ0v) is 15.4. The minimum absolute atomic E-state index is 0.511. The second-order valence-electron chi connectivity index (χ2n) is 6.77. The second-order valence-corrected chi connectivity index (χ2v) is 6.77. The van der Waals surface area contributed by atoms with Crippen molar-refractivity contribution in [3.63, 3.8) is 0 Å². The predicted molar refractivity (Wildman–Crippen MR) is 101 cm³/mol. The lowest BCUT2D eigenvalue weighted by molar-refractivity contribution is 0.425. The highest BCUT2D eigenvalue weighted by atomic mass is 15.3. The summed E-state index contributed by atoms with van der Waals surface area (Å²) in [6.07, 6.45) is 6.50. The fourth-order valence-electron chi connectivity index (χ4n) is 3.64. The van der Waals surface area contributed by atoms with Crippen molar-refractivity contribution in [2.45, 2.75) is 66.7 Å². The molecule has 1 aromatic rings. The Labute approximate surface area is 142 Å². The Balaban J connectivity index is 0.000000924. The Morgan fingerprint density at radius 3 is 2.35 bits per heavy atom. The van der Waals surface area contributed by atoms with Crippen molar-refractivity contribution >= 4 is 5.71 Å². The van der Waals surface area contributed by atoms with Crippen LogP contribution in [0.5, 0.6) is 0 Å². The van der Waals surface area contributed by atoms with Gasteiger partial charge in [0.25, 0.3) is 0 Å². The predicted octanol–water partition coefficient (Wildman–Crippen LogP) is 5.82. The number of nitrogens with zero attached hydrogens (tertiary/aromatic N) is 1. The molecule has 1 aliphatic carbocycles. The van der Waals surface area contributed by atoms with Crippen LogP contribution >= 0.6 is 0 Å². The van der Waals surface area contributed by atoms with Crippen LogP contribution in [0.2, 0.25) is 0 Å². The first kappa shape index (κ1) is 17.8. The molecule has 0 aromatic heterocycles. The zero-order chi connectivity index (χ0) is 16.8. The van der Waals surface area contributed by atoms with Gasteiger partial charge in [0.2, 0.25) is 0 Å². The Morgan fingerprint density at radius 1 is 1.00 bits per heavy atom. The summed E-state index contributed by atoms with van der Waals surface area (Å²) < 4.78 is 0. The lowest BCUT2D eigenvalue weighted by atomic mass is 9.77. The summed E-state index contributed by atoms with van der Waals surface area (Å²) in [4.78, 5) is 0. The maximum Gasteiger partial charge on any atom is 0.0751 e. The topological polar surface area (TPSA) is 24.4 Å². The van der Waals surface area contributed by atoms with Crippen molar-refractivity contribution in [3.8, 4) is 0 Å². The number of aryl methyl sites for hydroxylation is 1. The lowest BCUT2D eigenvalue weighted by Gasteiger charge is -2.32. The molecule has 1 saturated carbocycles. The van der Waals surface area contributed by atoms with Gasteiger partial charge in [-0.25, -0.2) is 0 Å². The molecule has 126 valence electrons. The molecule has 2 unspecified atom stereocenters. The Morgan fingerprint density at radius 2 is 1.65 bits per heavy atom. The maximum atomic E-state index is 4.70. The Hall–Kier alpha value is -1.57. The van der Waals surface area contributed by atoms with Crippen LogP contribution in [0.1, 0.15) is 70.9 Å². The monoisotopic (exact) mass is 312 g/mol. The smallest absolute Gasteiger partial charge is 0.0751 e. The summed E-state index contributed by atoms with van der Waals surface area (Å²) in [5, 5.41) is 4.70. The van der Waals surface area contributed by atoms with E-state index in [1.165, 1.54) is 54.6 Å². The van der Waals surface area contributed by atoms with Crippen LogP contribution in [0.15, 0.2) is 40.6 Å². The third-order valence-corrected chi connectivity index (χ3v) is 4.93. The molecule has 0 amide bonds. The molecule has 2 heteroatoms. The molecule has 0 bridgehead atoms. The summed E-state index contributed by atoms with van der Waals surface area (Å²) in [5.74, 6) is 1.30. The third kappa shape index (κ3) is 4.25. The Kier molecular flexibility index (Phi) is 6.44. The average Bonchev–Trinajstić information content (AvgIpc) is 2.55. The largest absolute Gasteiger partial charge is 0.283 e. The van der Waals surface area contributed by atoms with Gasteiger partial charge in [0.1, 0.15) is 0 Å². The fraction of sp³-hybridized carbons (Fsp3) is 0.571. The molecule has 3 rings (SSSR count). The van der Waals surface area contributed by atoms with E-state index in [4.69, 9.17) is 5.10 Å². The molecule has 0 spiro atoms. The van der Waals surface area contributed by atoms with Gasteiger partial charge in [-0.1, -0.05) is 69.9 Å². The van der Waals surface area contributed by atoms with E-state index in [-0.39, 0.29) is 0 Å². The van der Waals surface area contributed by atoms with Crippen LogP contribution in [-0.2, 0) is 0 Å². The molecule has 2 aliphatic rings. The SMILES string of the molecule is CC.CC1=C2CC(C)CCCCC2C(c2ccc(C)cc2)=NN1. The fourth-order valence-corrected chi connectivity index (χ4v) is 3.64. The van der Waals surface area contributed by atoms with Crippen molar-refractivity contribution in [3.05, 3.63) is 46.7 Å². The first-order chi connectivity index (χ1) is 11.1. The second kappa shape index (κ2) is 8.33. The zero-order valence-electron chi connectivity index (χ0n) is 15.4. The summed E-state index contributed by atoms with van der Waals surface area (Å²) >= 11 is 0. The first-order valence-electron chi connectivity index (χ1n) is 9.25. The van der Waals surface area contributed by atoms with Crippen LogP contribution in [0.25, 0.3) is 0 Å². The normalized spacial score (nSPS) is 24.3. The number of rotatable bonds is 1. The number of benzene rings is 1. The number of hydrogen-bond donors (Lipinski definition) is 1. The van der Waals surface area contributed by atoms with E-state index in [0.717, 1.165) is 5.92 Å². The minimum Gasteiger partial charge on any atom is -0.283 e. The van der Waals surface area contributed by atoms with Crippen molar-refractivity contribution in [1.29, 1.82) is 0 Å². The molecule has 1 aliphatic heterocycles. The standard InChI is InChI=1S/C19H26N2.C2H6/c1-13-8-10-16(11-9-13)19-17-7-5-4-6-14(2)12-18(17)15(3)20-21-19;1-2/h8-11,14,17,20H,4-7,12H2,1-3H3;1-2H3. The number of allylic oxidation sites excluding steroid dienone is 2. The molecule has 1 aromatic carbocycles. The molecule has 1 N–H and O–H groups in total. The quantitative estimate of drug-likeness (QED) is 0.694. The molecule has 0 saturated heterocycles. The molecule has 0 radical (unpaired) electrons. The van der Waals surface area contributed by atoms with Gasteiger partial charge >= 0.3 is 0 Å². The average molecular weight is 313 g/mol. The highest BCUT2D eigenvalue weighted by molar-refractivity contribution is 6.04. The lowest BCUT2D eigenvalue weighted by Crippen LogP contribution is -2.30. The summed E-state index contributed by atoms with van der Waals surface area (Å²) in [6, 6.07) is 8.81. The highest BCUT2D eigenvalue weighted by Crippen LogP contribution is 2.36. The molecular weight excluding hydrogens is 280 g/mol. The molecule has 1 fully saturated rings. The van der Waals surface area contributed by atoms with Crippen molar-refractivity contribution in [2.24, 2.45) is 16.9 Å². The van der Waals surface area contributed by atoms with E-state index >= 15 is 0 Å². The number of fused-ring (bicyclic) bond motifs is 1. The van der Waals surface area contributed by atoms with Crippen LogP contribution in [0.3, 0.4) is 0 Å². The van der Waals surface area contributed by atoms with Gasteiger partial charge in [0.15, 0.2) is 0 Å². The van der Waals surface area contributed by atoms with E-state index in [0.29, 0.717) is 5.92 Å². The number of hydrogen-bond acceptors (Lipinski definition) is 2. The van der Waals surface area contributed by atoms with Crippen LogP contribution < -0.4 is 5.43 Å². The van der Waals surface area contributed by atoms with E-state index in [1.54, 1.807) is 5.57 Å². The molecule has 23 heavy (non-hydrogen) atoms. The van der Waals surface area contributed by atoms with Crippen LogP contribution in [-0.4, -0.2) is 5.71 Å². The third-order valence-electron chi connectivity index (χ3n) is 4.93. The van der Waals surface area contributed by atoms with E-state index in [1.807, 2.05) is 13.8 Å². The van der Waals surface area contributed by atoms with Crippen molar-refractivity contribution < 1.29 is 0 Å². The highest BCUT2D eigenvalue weighted by Gasteiger charge is 2.29. The molecular formula is C21H32N2. The van der Waals surface area contributed by atoms with Crippen molar-refractivity contribution in [1.82, 2.24) is 5.43 Å². The van der Waals surface area contributed by atoms with Gasteiger partial charge < -0.3 is 0 Å². The summed E-state index contributed by atoms with van der Waals surface area (Å²) in [7, 11) is 0. The van der Waals surface area contributed by atoms with Gasteiger partial charge in [0.05, 0.1) is 5.71 Å². The number of hydrazone groups is 1. The van der Waals surface area contributed by atoms with E-state index < -0.39 is 0 Å². The van der Waals surface area contributed by atoms with Gasteiger partial charge in [-0.05, 0) is 43.7 Å². The number of nitrogens with one attached hydrogen (secondary N) is 1. The van der Waals surface area contributed by atoms with Gasteiger partial charge in [-0.2, -0.15) is 5.10 Å². The van der Waals surface area contributed by atoms with Gasteiger partial charge in [0, 0.05) is 11.6 Å². The van der Waals surface area contributed by atoms with E-state index in [9.17, 15) is 0 Å². The Bertz CT molecular complexity index is 566. The molecule has 2 nitrogen and oxygen atoms in total. The van der Waals surface area contributed by atoms with Gasteiger partial charge in [-0.3, -0.25) is 5.43 Å². The minimum atomic E-state index is 0.511. The van der Waals surface area contributed by atoms with Gasteiger partial charge in [-0.15, -0.1) is 0 Å². The van der Waals surface area contributed by atoms with Crippen LogP contribution in [0, 0.1) is 18.8 Å². The maximum absolute atomic E-state index is 4.70. The van der Waals surface area contributed by atoms with E-state index in [2.05, 4.69) is 50.5 Å². The molecule has 2 atom stereocenters.